The van der Waals surface area contributed by atoms with Crippen LogP contribution >= 0.6 is 0 Å². The first-order chi connectivity index (χ1) is 10.7. The van der Waals surface area contributed by atoms with Crippen LogP contribution in [0.1, 0.15) is 24.2 Å². The molecule has 1 atom stereocenters. The maximum atomic E-state index is 14.3. The first-order valence-corrected chi connectivity index (χ1v) is 7.72. The molecule has 22 heavy (non-hydrogen) atoms. The van der Waals surface area contributed by atoms with E-state index < -0.39 is 0 Å². The molecule has 1 aromatic heterocycles. The molecule has 2 aromatic rings. The van der Waals surface area contributed by atoms with Gasteiger partial charge in [-0.25, -0.2) is 9.37 Å². The summed E-state index contributed by atoms with van der Waals surface area (Å²) < 4.78 is 21.6. The summed E-state index contributed by atoms with van der Waals surface area (Å²) in [7, 11) is 1.50. The number of nitrogens with zero attached hydrogens (tertiary/aromatic N) is 3. The smallest absolute Gasteiger partial charge is 0.169 e. The third-order valence-corrected chi connectivity index (χ3v) is 4.47. The molecule has 4 nitrogen and oxygen atoms in total. The van der Waals surface area contributed by atoms with Crippen molar-refractivity contribution in [1.29, 1.82) is 0 Å². The summed E-state index contributed by atoms with van der Waals surface area (Å²) in [5.74, 6) is 1.10. The van der Waals surface area contributed by atoms with E-state index in [1.807, 2.05) is 31.5 Å². The van der Waals surface area contributed by atoms with E-state index >= 15 is 0 Å². The fourth-order valence-electron chi connectivity index (χ4n) is 3.19. The Bertz CT molecular complexity index is 641. The van der Waals surface area contributed by atoms with Gasteiger partial charge < -0.3 is 9.30 Å². The van der Waals surface area contributed by atoms with Gasteiger partial charge in [-0.15, -0.1) is 0 Å². The maximum Gasteiger partial charge on any atom is 0.169 e. The van der Waals surface area contributed by atoms with Crippen LogP contribution in [-0.4, -0.2) is 34.1 Å². The summed E-state index contributed by atoms with van der Waals surface area (Å²) in [5, 5.41) is 0. The van der Waals surface area contributed by atoms with Crippen LogP contribution in [0.3, 0.4) is 0 Å². The molecule has 0 N–H and O–H groups in total. The highest BCUT2D eigenvalue weighted by atomic mass is 19.1. The monoisotopic (exact) mass is 303 g/mol. The lowest BCUT2D eigenvalue weighted by molar-refractivity contribution is 0.220. The van der Waals surface area contributed by atoms with Crippen molar-refractivity contribution in [2.24, 2.45) is 0 Å². The van der Waals surface area contributed by atoms with Crippen molar-refractivity contribution in [2.75, 3.05) is 13.7 Å². The van der Waals surface area contributed by atoms with Gasteiger partial charge in [-0.05, 0) is 32.4 Å². The van der Waals surface area contributed by atoms with E-state index in [0.717, 1.165) is 31.8 Å². The van der Waals surface area contributed by atoms with Gasteiger partial charge in [0, 0.05) is 37.1 Å². The number of likely N-dealkylation sites (tertiary alicyclic amines) is 1. The molecule has 0 radical (unpaired) electrons. The Morgan fingerprint density at radius 3 is 3.00 bits per heavy atom. The van der Waals surface area contributed by atoms with Gasteiger partial charge >= 0.3 is 0 Å². The van der Waals surface area contributed by atoms with Crippen LogP contribution in [0.2, 0.25) is 0 Å². The molecule has 1 aliphatic rings. The second-order valence-corrected chi connectivity index (χ2v) is 5.83. The third-order valence-electron chi connectivity index (χ3n) is 4.47. The standard InChI is InChI=1S/C17H22FN3O/c1-13-19-8-10-20(13)12-15-6-4-9-21(15)11-14-5-3-7-16(22-2)17(14)18/h3,5,7-8,10,15H,4,6,9,11-12H2,1-2H3. The van der Waals surface area contributed by atoms with E-state index in [-0.39, 0.29) is 5.82 Å². The van der Waals surface area contributed by atoms with Gasteiger partial charge in [-0.3, -0.25) is 4.90 Å². The van der Waals surface area contributed by atoms with E-state index in [4.69, 9.17) is 4.74 Å². The molecule has 0 bridgehead atoms. The highest BCUT2D eigenvalue weighted by Gasteiger charge is 2.26. The highest BCUT2D eigenvalue weighted by molar-refractivity contribution is 5.31. The van der Waals surface area contributed by atoms with Gasteiger partial charge in [-0.2, -0.15) is 0 Å². The summed E-state index contributed by atoms with van der Waals surface area (Å²) in [5.41, 5.74) is 0.702. The van der Waals surface area contributed by atoms with Crippen LogP contribution in [-0.2, 0) is 13.1 Å². The van der Waals surface area contributed by atoms with Crippen molar-refractivity contribution >= 4 is 0 Å². The molecule has 1 unspecified atom stereocenters. The lowest BCUT2D eigenvalue weighted by atomic mass is 10.1. The van der Waals surface area contributed by atoms with Gasteiger partial charge in [-0.1, -0.05) is 12.1 Å². The van der Waals surface area contributed by atoms with Gasteiger partial charge in [0.2, 0.25) is 0 Å². The Balaban J connectivity index is 1.73. The topological polar surface area (TPSA) is 30.3 Å². The minimum atomic E-state index is -0.241. The summed E-state index contributed by atoms with van der Waals surface area (Å²) in [6.45, 7) is 4.56. The summed E-state index contributed by atoms with van der Waals surface area (Å²) >= 11 is 0. The zero-order chi connectivity index (χ0) is 15.5. The highest BCUT2D eigenvalue weighted by Crippen LogP contribution is 2.26. The first-order valence-electron chi connectivity index (χ1n) is 7.72. The molecule has 3 rings (SSSR count). The van der Waals surface area contributed by atoms with E-state index in [1.165, 1.54) is 7.11 Å². The van der Waals surface area contributed by atoms with Crippen LogP contribution in [0.4, 0.5) is 4.39 Å². The summed E-state index contributed by atoms with van der Waals surface area (Å²) in [6, 6.07) is 5.78. The number of rotatable bonds is 5. The quantitative estimate of drug-likeness (QED) is 0.850. The van der Waals surface area contributed by atoms with E-state index in [0.29, 0.717) is 23.9 Å². The van der Waals surface area contributed by atoms with Gasteiger partial charge in [0.15, 0.2) is 11.6 Å². The predicted molar refractivity (Wildman–Crippen MR) is 83.3 cm³/mol. The first kappa shape index (κ1) is 15.0. The second kappa shape index (κ2) is 6.48. The van der Waals surface area contributed by atoms with Gasteiger partial charge in [0.05, 0.1) is 7.11 Å². The molecule has 2 heterocycles. The molecule has 118 valence electrons. The molecule has 5 heteroatoms. The minimum absolute atomic E-state index is 0.241. The molecule has 1 aliphatic heterocycles. The number of hydrogen-bond acceptors (Lipinski definition) is 3. The number of ether oxygens (including phenoxy) is 1. The van der Waals surface area contributed by atoms with E-state index in [9.17, 15) is 4.39 Å². The normalized spacial score (nSPS) is 18.8. The molecular weight excluding hydrogens is 281 g/mol. The average Bonchev–Trinajstić information content (AvgIpc) is 3.12. The Kier molecular flexibility index (Phi) is 4.43. The molecule has 1 saturated heterocycles. The number of hydrogen-bond donors (Lipinski definition) is 0. The van der Waals surface area contributed by atoms with E-state index in [2.05, 4.69) is 14.5 Å². The number of methoxy groups -OCH3 is 1. The van der Waals surface area contributed by atoms with Crippen molar-refractivity contribution in [1.82, 2.24) is 14.5 Å². The molecule has 0 amide bonds. The van der Waals surface area contributed by atoms with Crippen LogP contribution < -0.4 is 4.74 Å². The Labute approximate surface area is 130 Å². The number of aryl methyl sites for hydroxylation is 1. The van der Waals surface area contributed by atoms with Crippen molar-refractivity contribution in [3.05, 3.63) is 47.8 Å². The van der Waals surface area contributed by atoms with Crippen LogP contribution in [0.25, 0.3) is 0 Å². The second-order valence-electron chi connectivity index (χ2n) is 5.83. The number of benzene rings is 1. The molecule has 0 aliphatic carbocycles. The summed E-state index contributed by atoms with van der Waals surface area (Å²) in [4.78, 5) is 6.63. The Morgan fingerprint density at radius 1 is 1.41 bits per heavy atom. The predicted octanol–water partition coefficient (Wildman–Crippen LogP) is 3.00. The Morgan fingerprint density at radius 2 is 2.27 bits per heavy atom. The largest absolute Gasteiger partial charge is 0.494 e. The van der Waals surface area contributed by atoms with Crippen molar-refractivity contribution < 1.29 is 9.13 Å². The van der Waals surface area contributed by atoms with E-state index in [1.54, 1.807) is 6.07 Å². The number of halogens is 1. The lowest BCUT2D eigenvalue weighted by Crippen LogP contribution is -2.33. The molecule has 0 saturated carbocycles. The zero-order valence-corrected chi connectivity index (χ0v) is 13.1. The average molecular weight is 303 g/mol. The fraction of sp³-hybridized carbons (Fsp3) is 0.471. The fourth-order valence-corrected chi connectivity index (χ4v) is 3.19. The van der Waals surface area contributed by atoms with Crippen LogP contribution in [0.15, 0.2) is 30.6 Å². The molecule has 1 fully saturated rings. The zero-order valence-electron chi connectivity index (χ0n) is 13.1. The molecule has 1 aromatic carbocycles. The van der Waals surface area contributed by atoms with Crippen molar-refractivity contribution in [2.45, 2.75) is 38.9 Å². The minimum Gasteiger partial charge on any atom is -0.494 e. The lowest BCUT2D eigenvalue weighted by Gasteiger charge is -2.25. The van der Waals surface area contributed by atoms with Crippen LogP contribution in [0.5, 0.6) is 5.75 Å². The van der Waals surface area contributed by atoms with Crippen LogP contribution in [0, 0.1) is 12.7 Å². The van der Waals surface area contributed by atoms with Crippen molar-refractivity contribution in [3.8, 4) is 5.75 Å². The number of aromatic nitrogens is 2. The number of imidazole rings is 1. The van der Waals surface area contributed by atoms with Gasteiger partial charge in [0.1, 0.15) is 5.82 Å². The summed E-state index contributed by atoms with van der Waals surface area (Å²) in [6.07, 6.45) is 6.14. The third kappa shape index (κ3) is 2.99. The van der Waals surface area contributed by atoms with Crippen molar-refractivity contribution in [3.63, 3.8) is 0 Å². The maximum absolute atomic E-state index is 14.3. The Hall–Kier alpha value is -1.88. The molecular formula is C17H22FN3O. The van der Waals surface area contributed by atoms with Gasteiger partial charge in [0.25, 0.3) is 0 Å². The molecule has 0 spiro atoms. The SMILES string of the molecule is COc1cccc(CN2CCCC2Cn2ccnc2C)c1F.